The molecule has 0 aromatic carbocycles. The first-order valence-electron chi connectivity index (χ1n) is 6.44. The Bertz CT molecular complexity index is 464. The van der Waals surface area contributed by atoms with E-state index in [0.29, 0.717) is 0 Å². The monoisotopic (exact) mass is 244 g/mol. The molecule has 1 N–H and O–H groups in total. The van der Waals surface area contributed by atoms with Gasteiger partial charge in [-0.1, -0.05) is 13.0 Å². The van der Waals surface area contributed by atoms with Gasteiger partial charge in [0.1, 0.15) is 5.82 Å². The van der Waals surface area contributed by atoms with Gasteiger partial charge in [0.15, 0.2) is 0 Å². The lowest BCUT2D eigenvalue weighted by molar-refractivity contribution is 0.531. The lowest BCUT2D eigenvalue weighted by Crippen LogP contribution is -2.20. The van der Waals surface area contributed by atoms with Crippen molar-refractivity contribution in [3.05, 3.63) is 48.3 Å². The van der Waals surface area contributed by atoms with Crippen molar-refractivity contribution in [2.75, 3.05) is 0 Å². The first-order chi connectivity index (χ1) is 8.81. The van der Waals surface area contributed by atoms with E-state index in [1.54, 1.807) is 6.20 Å². The van der Waals surface area contributed by atoms with Crippen LogP contribution in [0.3, 0.4) is 0 Å². The molecule has 0 fully saturated rings. The van der Waals surface area contributed by atoms with Crippen LogP contribution >= 0.6 is 0 Å². The second kappa shape index (κ2) is 6.31. The van der Waals surface area contributed by atoms with Crippen LogP contribution in [0.1, 0.15) is 37.7 Å². The zero-order valence-electron chi connectivity index (χ0n) is 11.0. The predicted octanol–water partition coefficient (Wildman–Crippen LogP) is 2.54. The van der Waals surface area contributed by atoms with E-state index in [1.807, 2.05) is 24.7 Å². The molecule has 0 unspecified atom stereocenters. The fraction of sp³-hybridized carbons (Fsp3) is 0.429. The molecule has 96 valence electrons. The molecule has 18 heavy (non-hydrogen) atoms. The van der Waals surface area contributed by atoms with Gasteiger partial charge in [-0.2, -0.15) is 0 Å². The molecule has 2 aromatic rings. The average molecular weight is 244 g/mol. The highest BCUT2D eigenvalue weighted by atomic mass is 15.1. The molecule has 0 radical (unpaired) electrons. The number of nitrogens with one attached hydrogen (secondary N) is 1. The molecule has 0 aliphatic heterocycles. The molecule has 0 saturated heterocycles. The molecule has 0 spiro atoms. The Labute approximate surface area is 108 Å². The zero-order valence-corrected chi connectivity index (χ0v) is 11.0. The number of aromatic nitrogens is 3. The molecule has 2 aromatic heterocycles. The molecule has 0 amide bonds. The van der Waals surface area contributed by atoms with E-state index in [2.05, 4.69) is 39.8 Å². The minimum absolute atomic E-state index is 0.283. The van der Waals surface area contributed by atoms with Crippen LogP contribution in [-0.4, -0.2) is 14.5 Å². The molecular formula is C14H20N4. The predicted molar refractivity (Wildman–Crippen MR) is 72.0 cm³/mol. The van der Waals surface area contributed by atoms with Crippen molar-refractivity contribution in [1.82, 2.24) is 19.9 Å². The van der Waals surface area contributed by atoms with Crippen LogP contribution in [0.2, 0.25) is 0 Å². The minimum atomic E-state index is 0.283. The standard InChI is InChI=1S/C14H20N4/c1-3-8-18-9-7-16-14(18)11-17-12(2)13-5-4-6-15-10-13/h4-7,9-10,12,17H,3,8,11H2,1-2H3/t12-/m0/s1. The van der Waals surface area contributed by atoms with Gasteiger partial charge in [0.25, 0.3) is 0 Å². The number of pyridine rings is 1. The first kappa shape index (κ1) is 12.8. The van der Waals surface area contributed by atoms with E-state index in [4.69, 9.17) is 0 Å². The van der Waals surface area contributed by atoms with Crippen molar-refractivity contribution in [1.29, 1.82) is 0 Å². The van der Waals surface area contributed by atoms with Crippen LogP contribution in [0.5, 0.6) is 0 Å². The Balaban J connectivity index is 1.93. The molecule has 4 heteroatoms. The third kappa shape index (κ3) is 3.17. The van der Waals surface area contributed by atoms with Gasteiger partial charge in [-0.05, 0) is 25.0 Å². The smallest absolute Gasteiger partial charge is 0.122 e. The molecule has 4 nitrogen and oxygen atoms in total. The Morgan fingerprint density at radius 1 is 1.39 bits per heavy atom. The average Bonchev–Trinajstić information content (AvgIpc) is 2.85. The van der Waals surface area contributed by atoms with Gasteiger partial charge >= 0.3 is 0 Å². The van der Waals surface area contributed by atoms with Crippen molar-refractivity contribution in [2.45, 2.75) is 39.4 Å². The Morgan fingerprint density at radius 2 is 2.28 bits per heavy atom. The molecule has 2 rings (SSSR count). The van der Waals surface area contributed by atoms with Crippen molar-refractivity contribution in [3.63, 3.8) is 0 Å². The highest BCUT2D eigenvalue weighted by molar-refractivity contribution is 5.12. The van der Waals surface area contributed by atoms with Crippen LogP contribution in [0.15, 0.2) is 36.9 Å². The van der Waals surface area contributed by atoms with Gasteiger partial charge < -0.3 is 9.88 Å². The highest BCUT2D eigenvalue weighted by Gasteiger charge is 2.07. The second-order valence-corrected chi connectivity index (χ2v) is 4.43. The van der Waals surface area contributed by atoms with Crippen LogP contribution < -0.4 is 5.32 Å². The summed E-state index contributed by atoms with van der Waals surface area (Å²) in [7, 11) is 0. The van der Waals surface area contributed by atoms with Crippen LogP contribution in [0, 0.1) is 0 Å². The molecule has 2 heterocycles. The lowest BCUT2D eigenvalue weighted by atomic mass is 10.1. The fourth-order valence-electron chi connectivity index (χ4n) is 1.95. The van der Waals surface area contributed by atoms with Crippen molar-refractivity contribution >= 4 is 0 Å². The van der Waals surface area contributed by atoms with Crippen LogP contribution in [0.4, 0.5) is 0 Å². The highest BCUT2D eigenvalue weighted by Crippen LogP contribution is 2.10. The van der Waals surface area contributed by atoms with Crippen molar-refractivity contribution < 1.29 is 0 Å². The fourth-order valence-corrected chi connectivity index (χ4v) is 1.95. The molecule has 0 aliphatic carbocycles. The summed E-state index contributed by atoms with van der Waals surface area (Å²) < 4.78 is 2.20. The number of aryl methyl sites for hydroxylation is 1. The van der Waals surface area contributed by atoms with E-state index in [9.17, 15) is 0 Å². The van der Waals surface area contributed by atoms with Crippen LogP contribution in [-0.2, 0) is 13.1 Å². The quantitative estimate of drug-likeness (QED) is 0.849. The zero-order chi connectivity index (χ0) is 12.8. The normalized spacial score (nSPS) is 12.6. The van der Waals surface area contributed by atoms with E-state index in [0.717, 1.165) is 25.3 Å². The summed E-state index contributed by atoms with van der Waals surface area (Å²) in [4.78, 5) is 8.52. The van der Waals surface area contributed by atoms with Gasteiger partial charge in [-0.3, -0.25) is 4.98 Å². The Hall–Kier alpha value is -1.68. The molecule has 0 saturated carbocycles. The first-order valence-corrected chi connectivity index (χ1v) is 6.44. The molecule has 1 atom stereocenters. The van der Waals surface area contributed by atoms with Gasteiger partial charge in [0.2, 0.25) is 0 Å². The van der Waals surface area contributed by atoms with E-state index in [1.165, 1.54) is 5.56 Å². The Morgan fingerprint density at radius 3 is 3.00 bits per heavy atom. The maximum Gasteiger partial charge on any atom is 0.122 e. The van der Waals surface area contributed by atoms with Gasteiger partial charge in [-0.25, -0.2) is 4.98 Å². The number of rotatable bonds is 6. The second-order valence-electron chi connectivity index (χ2n) is 4.43. The molecule has 0 aliphatic rings. The lowest BCUT2D eigenvalue weighted by Gasteiger charge is -2.14. The summed E-state index contributed by atoms with van der Waals surface area (Å²) in [5, 5.41) is 3.48. The Kier molecular flexibility index (Phi) is 4.47. The maximum absolute atomic E-state index is 4.39. The largest absolute Gasteiger partial charge is 0.334 e. The van der Waals surface area contributed by atoms with E-state index >= 15 is 0 Å². The number of hydrogen-bond acceptors (Lipinski definition) is 3. The topological polar surface area (TPSA) is 42.7 Å². The van der Waals surface area contributed by atoms with Gasteiger partial charge in [0.05, 0.1) is 6.54 Å². The third-order valence-electron chi connectivity index (χ3n) is 3.02. The van der Waals surface area contributed by atoms with Gasteiger partial charge in [-0.15, -0.1) is 0 Å². The van der Waals surface area contributed by atoms with E-state index < -0.39 is 0 Å². The van der Waals surface area contributed by atoms with Crippen molar-refractivity contribution in [2.24, 2.45) is 0 Å². The van der Waals surface area contributed by atoms with Crippen molar-refractivity contribution in [3.8, 4) is 0 Å². The molecule has 0 bridgehead atoms. The number of imidazole rings is 1. The summed E-state index contributed by atoms with van der Waals surface area (Å²) in [6.45, 7) is 6.13. The number of hydrogen-bond donors (Lipinski definition) is 1. The van der Waals surface area contributed by atoms with E-state index in [-0.39, 0.29) is 6.04 Å². The summed E-state index contributed by atoms with van der Waals surface area (Å²) in [6.07, 6.45) is 8.72. The summed E-state index contributed by atoms with van der Waals surface area (Å²) in [6, 6.07) is 4.33. The summed E-state index contributed by atoms with van der Waals surface area (Å²) >= 11 is 0. The maximum atomic E-state index is 4.39. The molecular weight excluding hydrogens is 224 g/mol. The third-order valence-corrected chi connectivity index (χ3v) is 3.02. The van der Waals surface area contributed by atoms with Crippen LogP contribution in [0.25, 0.3) is 0 Å². The SMILES string of the molecule is CCCn1ccnc1CN[C@@H](C)c1cccnc1. The van der Waals surface area contributed by atoms with Gasteiger partial charge in [0, 0.05) is 37.4 Å². The summed E-state index contributed by atoms with van der Waals surface area (Å²) in [5.74, 6) is 1.09. The number of nitrogens with zero attached hydrogens (tertiary/aromatic N) is 3. The summed E-state index contributed by atoms with van der Waals surface area (Å²) in [5.41, 5.74) is 1.20. The minimum Gasteiger partial charge on any atom is -0.334 e.